The van der Waals surface area contributed by atoms with E-state index >= 15 is 0 Å². The molecule has 1 spiro atoms. The number of carboxylic acids is 1. The number of amidine groups is 1. The quantitative estimate of drug-likeness (QED) is 0.219. The number of aromatic nitrogens is 2. The molecule has 1 saturated heterocycles. The van der Waals surface area contributed by atoms with Crippen LogP contribution in [0.4, 0.5) is 15.5 Å². The van der Waals surface area contributed by atoms with Crippen LogP contribution in [0.3, 0.4) is 0 Å². The number of oxime groups is 1. The summed E-state index contributed by atoms with van der Waals surface area (Å²) >= 11 is 0. The zero-order chi connectivity index (χ0) is 31.6. The molecule has 4 N–H and O–H groups in total. The van der Waals surface area contributed by atoms with Crippen LogP contribution in [0, 0.1) is 0 Å². The van der Waals surface area contributed by atoms with Crippen LogP contribution in [0.25, 0.3) is 0 Å². The third-order valence-electron chi connectivity index (χ3n) is 7.42. The maximum Gasteiger partial charge on any atom is 0.410 e. The number of aliphatic carboxylic acids is 1. The first-order chi connectivity index (χ1) is 21.8. The van der Waals surface area contributed by atoms with E-state index in [1.54, 1.807) is 41.6 Å². The number of carbonyl (C=O) groups excluding carboxylic acids is 3. The minimum atomic E-state index is -1.49. The van der Waals surface area contributed by atoms with E-state index in [1.165, 1.54) is 0 Å². The van der Waals surface area contributed by atoms with Crippen molar-refractivity contribution in [1.29, 1.82) is 0 Å². The maximum absolute atomic E-state index is 13.2. The van der Waals surface area contributed by atoms with E-state index in [0.717, 1.165) is 16.0 Å². The van der Waals surface area contributed by atoms with Crippen LogP contribution < -0.4 is 10.6 Å². The van der Waals surface area contributed by atoms with Gasteiger partial charge in [-0.2, -0.15) is 0 Å². The Bertz CT molecular complexity index is 1490. The standard InChI is InChI=1S/C30H33N7O8/c38-20-36(16-24(26(39)40)34-28(41)43-17-21-7-3-1-4-8-21)25-14-30(45-35-25)13-23(15-33-27-31-11-12-32-27)37(19-30)29(42)44-18-22-9-5-2-6-10-22/h1-12,20,23-24H,13-19H2,(H,34,41)(H,39,40)(H2,31,32,33)/t23?,24?,30-/m0/s1. The van der Waals surface area contributed by atoms with Crippen molar-refractivity contribution >= 4 is 36.3 Å². The third-order valence-corrected chi connectivity index (χ3v) is 7.42. The van der Waals surface area contributed by atoms with Gasteiger partial charge in [0.2, 0.25) is 6.41 Å². The van der Waals surface area contributed by atoms with Gasteiger partial charge in [-0.15, -0.1) is 0 Å². The van der Waals surface area contributed by atoms with Crippen molar-refractivity contribution in [1.82, 2.24) is 25.1 Å². The Balaban J connectivity index is 1.21. The van der Waals surface area contributed by atoms with Gasteiger partial charge in [0.1, 0.15) is 19.3 Å². The Labute approximate surface area is 258 Å². The highest BCUT2D eigenvalue weighted by Crippen LogP contribution is 2.38. The number of aromatic amines is 1. The third kappa shape index (κ3) is 8.07. The molecule has 1 aromatic heterocycles. The molecule has 2 aliphatic heterocycles. The summed E-state index contributed by atoms with van der Waals surface area (Å²) in [6.07, 6.45) is 2.64. The van der Waals surface area contributed by atoms with E-state index in [9.17, 15) is 24.3 Å². The minimum absolute atomic E-state index is 0.0558. The van der Waals surface area contributed by atoms with Gasteiger partial charge < -0.3 is 35.0 Å². The number of H-pyrrole nitrogens is 1. The van der Waals surface area contributed by atoms with Crippen LogP contribution in [0.2, 0.25) is 0 Å². The largest absolute Gasteiger partial charge is 0.480 e. The number of ether oxygens (including phenoxy) is 2. The molecule has 3 aromatic rings. The summed E-state index contributed by atoms with van der Waals surface area (Å²) in [5.74, 6) is -0.683. The van der Waals surface area contributed by atoms with Crippen molar-refractivity contribution in [2.75, 3.05) is 25.0 Å². The number of hydrogen-bond acceptors (Lipinski definition) is 10. The Hall–Kier alpha value is -5.60. The predicted octanol–water partition coefficient (Wildman–Crippen LogP) is 2.54. The second kappa shape index (κ2) is 14.2. The first-order valence-corrected chi connectivity index (χ1v) is 14.2. The lowest BCUT2D eigenvalue weighted by atomic mass is 9.95. The topological polar surface area (TPSA) is 188 Å². The number of imidazole rings is 1. The molecule has 45 heavy (non-hydrogen) atoms. The average molecular weight is 620 g/mol. The number of benzene rings is 2. The minimum Gasteiger partial charge on any atom is -0.480 e. The van der Waals surface area contributed by atoms with Gasteiger partial charge >= 0.3 is 18.2 Å². The second-order valence-electron chi connectivity index (χ2n) is 10.7. The summed E-state index contributed by atoms with van der Waals surface area (Å²) in [5.41, 5.74) is 0.572. The van der Waals surface area contributed by atoms with Gasteiger partial charge in [0.15, 0.2) is 17.4 Å². The van der Waals surface area contributed by atoms with Crippen LogP contribution in [0.1, 0.15) is 24.0 Å². The van der Waals surface area contributed by atoms with E-state index in [0.29, 0.717) is 25.3 Å². The Kier molecular flexibility index (Phi) is 9.77. The average Bonchev–Trinajstić information content (AvgIpc) is 3.81. The Morgan fingerprint density at radius 3 is 2.42 bits per heavy atom. The lowest BCUT2D eigenvalue weighted by Crippen LogP contribution is -2.50. The monoisotopic (exact) mass is 619 g/mol. The number of carboxylic acid groups (broad SMARTS) is 1. The fourth-order valence-electron chi connectivity index (χ4n) is 5.17. The molecule has 0 saturated carbocycles. The number of rotatable bonds is 12. The molecule has 2 unspecified atom stereocenters. The molecular formula is C30H33N7O8. The summed E-state index contributed by atoms with van der Waals surface area (Å²) in [5, 5.41) is 19.3. The van der Waals surface area contributed by atoms with Gasteiger partial charge in [-0.1, -0.05) is 65.8 Å². The zero-order valence-electron chi connectivity index (χ0n) is 24.2. The summed E-state index contributed by atoms with van der Waals surface area (Å²) in [4.78, 5) is 65.2. The van der Waals surface area contributed by atoms with Gasteiger partial charge in [-0.25, -0.2) is 19.4 Å². The maximum atomic E-state index is 13.2. The number of anilines is 1. The molecule has 0 aliphatic carbocycles. The van der Waals surface area contributed by atoms with E-state index < -0.39 is 36.3 Å². The first kappa shape index (κ1) is 30.8. The number of carbonyl (C=O) groups is 4. The van der Waals surface area contributed by atoms with Crippen molar-refractivity contribution in [2.24, 2.45) is 5.16 Å². The highest BCUT2D eigenvalue weighted by molar-refractivity contribution is 5.93. The van der Waals surface area contributed by atoms with Gasteiger partial charge in [0.25, 0.3) is 0 Å². The lowest BCUT2D eigenvalue weighted by Gasteiger charge is -2.24. The van der Waals surface area contributed by atoms with Gasteiger partial charge in [-0.05, 0) is 11.1 Å². The highest BCUT2D eigenvalue weighted by atomic mass is 16.7. The van der Waals surface area contributed by atoms with Crippen molar-refractivity contribution in [3.05, 3.63) is 84.2 Å². The summed E-state index contributed by atoms with van der Waals surface area (Å²) in [6, 6.07) is 16.3. The molecule has 0 radical (unpaired) electrons. The van der Waals surface area contributed by atoms with Gasteiger partial charge in [0, 0.05) is 25.4 Å². The van der Waals surface area contributed by atoms with E-state index in [4.69, 9.17) is 14.3 Å². The zero-order valence-corrected chi connectivity index (χ0v) is 24.2. The highest BCUT2D eigenvalue weighted by Gasteiger charge is 2.52. The van der Waals surface area contributed by atoms with Crippen molar-refractivity contribution in [2.45, 2.75) is 43.7 Å². The molecule has 5 rings (SSSR count). The second-order valence-corrected chi connectivity index (χ2v) is 10.7. The molecule has 15 heteroatoms. The van der Waals surface area contributed by atoms with E-state index in [-0.39, 0.29) is 38.1 Å². The van der Waals surface area contributed by atoms with Crippen LogP contribution in [-0.2, 0) is 37.1 Å². The van der Waals surface area contributed by atoms with Gasteiger partial charge in [-0.3, -0.25) is 14.6 Å². The number of nitrogens with zero attached hydrogens (tertiary/aromatic N) is 4. The molecule has 3 atom stereocenters. The fraction of sp³-hybridized carbons (Fsp3) is 0.333. The van der Waals surface area contributed by atoms with Crippen molar-refractivity contribution < 1.29 is 38.6 Å². The van der Waals surface area contributed by atoms with E-state index in [2.05, 4.69) is 25.8 Å². The lowest BCUT2D eigenvalue weighted by molar-refractivity contribution is -0.139. The van der Waals surface area contributed by atoms with Crippen molar-refractivity contribution in [3.63, 3.8) is 0 Å². The Morgan fingerprint density at radius 2 is 1.80 bits per heavy atom. The Morgan fingerprint density at radius 1 is 1.11 bits per heavy atom. The fourth-order valence-corrected chi connectivity index (χ4v) is 5.17. The molecule has 236 valence electrons. The van der Waals surface area contributed by atoms with Gasteiger partial charge in [0.05, 0.1) is 25.6 Å². The summed E-state index contributed by atoms with van der Waals surface area (Å²) in [6.45, 7) is 0.0308. The molecule has 1 fully saturated rings. The first-order valence-electron chi connectivity index (χ1n) is 14.2. The smallest absolute Gasteiger partial charge is 0.410 e. The normalized spacial score (nSPS) is 19.2. The number of amides is 3. The van der Waals surface area contributed by atoms with Crippen LogP contribution >= 0.6 is 0 Å². The molecule has 15 nitrogen and oxygen atoms in total. The predicted molar refractivity (Wildman–Crippen MR) is 159 cm³/mol. The van der Waals surface area contributed by atoms with E-state index in [1.807, 2.05) is 36.4 Å². The molecule has 3 amide bonds. The summed E-state index contributed by atoms with van der Waals surface area (Å²) in [7, 11) is 0. The number of nitrogens with one attached hydrogen (secondary N) is 3. The number of likely N-dealkylation sites (tertiary alicyclic amines) is 1. The van der Waals surface area contributed by atoms with Crippen LogP contribution in [-0.4, -0.2) is 92.6 Å². The molecule has 2 aliphatic rings. The molecular weight excluding hydrogens is 586 g/mol. The molecule has 0 bridgehead atoms. The van der Waals surface area contributed by atoms with Crippen LogP contribution in [0.15, 0.2) is 78.2 Å². The SMILES string of the molecule is O=CN(CC(NC(=O)OCc1ccccc1)C(=O)O)C1=NO[C@]2(C1)CC(CNc1ncc[nH]1)N(C(=O)OCc1ccccc1)C2. The summed E-state index contributed by atoms with van der Waals surface area (Å²) < 4.78 is 10.7. The van der Waals surface area contributed by atoms with Crippen LogP contribution in [0.5, 0.6) is 0 Å². The molecule has 2 aromatic carbocycles. The number of hydrogen-bond donors (Lipinski definition) is 4. The van der Waals surface area contributed by atoms with Crippen molar-refractivity contribution in [3.8, 4) is 0 Å². The molecule has 3 heterocycles. The number of alkyl carbamates (subject to hydrolysis) is 1.